The first-order chi connectivity index (χ1) is 7.66. The molecule has 0 aliphatic heterocycles. The monoisotopic (exact) mass is 240 g/mol. The Hall–Kier alpha value is -1.44. The number of primary amides is 1. The average Bonchev–Trinajstić information content (AvgIpc) is 2.77. The SMILES string of the molecule is NC(=O)C(O)CNCc1cn2ccsc2n1. The van der Waals surface area contributed by atoms with Crippen LogP contribution in [0.5, 0.6) is 0 Å². The van der Waals surface area contributed by atoms with Gasteiger partial charge in [-0.1, -0.05) is 0 Å². The summed E-state index contributed by atoms with van der Waals surface area (Å²) in [7, 11) is 0. The number of imidazole rings is 1. The van der Waals surface area contributed by atoms with Gasteiger partial charge in [0.25, 0.3) is 0 Å². The van der Waals surface area contributed by atoms with Crippen molar-refractivity contribution >= 4 is 22.2 Å². The van der Waals surface area contributed by atoms with Gasteiger partial charge in [0.15, 0.2) is 4.96 Å². The molecule has 2 heterocycles. The number of aliphatic hydroxyl groups excluding tert-OH is 1. The van der Waals surface area contributed by atoms with Crippen molar-refractivity contribution < 1.29 is 9.90 Å². The molecule has 4 N–H and O–H groups in total. The lowest BCUT2D eigenvalue weighted by Crippen LogP contribution is -2.37. The van der Waals surface area contributed by atoms with Crippen LogP contribution in [0, 0.1) is 0 Å². The molecular formula is C9H12N4O2S. The van der Waals surface area contributed by atoms with E-state index in [9.17, 15) is 4.79 Å². The number of aliphatic hydroxyl groups is 1. The van der Waals surface area contributed by atoms with Gasteiger partial charge in [0.2, 0.25) is 5.91 Å². The van der Waals surface area contributed by atoms with Crippen LogP contribution >= 0.6 is 11.3 Å². The van der Waals surface area contributed by atoms with Gasteiger partial charge in [-0.2, -0.15) is 0 Å². The van der Waals surface area contributed by atoms with Crippen LogP contribution < -0.4 is 11.1 Å². The van der Waals surface area contributed by atoms with E-state index >= 15 is 0 Å². The number of nitrogens with zero attached hydrogens (tertiary/aromatic N) is 2. The van der Waals surface area contributed by atoms with Crippen molar-refractivity contribution in [3.63, 3.8) is 0 Å². The average molecular weight is 240 g/mol. The third kappa shape index (κ3) is 2.38. The molecule has 2 rings (SSSR count). The van der Waals surface area contributed by atoms with Crippen LogP contribution in [0.25, 0.3) is 4.96 Å². The molecule has 0 fully saturated rings. The maximum Gasteiger partial charge on any atom is 0.247 e. The van der Waals surface area contributed by atoms with Crippen molar-refractivity contribution in [3.05, 3.63) is 23.5 Å². The van der Waals surface area contributed by atoms with E-state index in [-0.39, 0.29) is 6.54 Å². The maximum absolute atomic E-state index is 10.6. The third-order valence-electron chi connectivity index (χ3n) is 2.12. The van der Waals surface area contributed by atoms with Crippen LogP contribution in [0.15, 0.2) is 17.8 Å². The number of thiazole rings is 1. The Balaban J connectivity index is 1.86. The second-order valence-corrected chi connectivity index (χ2v) is 4.25. The summed E-state index contributed by atoms with van der Waals surface area (Å²) < 4.78 is 1.92. The van der Waals surface area contributed by atoms with Crippen LogP contribution in [-0.4, -0.2) is 33.0 Å². The first kappa shape index (κ1) is 11.1. The Morgan fingerprint density at radius 1 is 1.75 bits per heavy atom. The van der Waals surface area contributed by atoms with Crippen LogP contribution in [0.2, 0.25) is 0 Å². The summed E-state index contributed by atoms with van der Waals surface area (Å²) in [6.45, 7) is 0.638. The molecule has 1 unspecified atom stereocenters. The van der Waals surface area contributed by atoms with Gasteiger partial charge in [-0.25, -0.2) is 4.98 Å². The lowest BCUT2D eigenvalue weighted by atomic mass is 10.3. The minimum atomic E-state index is -1.15. The molecular weight excluding hydrogens is 228 g/mol. The van der Waals surface area contributed by atoms with E-state index in [2.05, 4.69) is 10.3 Å². The van der Waals surface area contributed by atoms with E-state index in [1.54, 1.807) is 11.3 Å². The van der Waals surface area contributed by atoms with Crippen molar-refractivity contribution in [1.82, 2.24) is 14.7 Å². The number of nitrogens with one attached hydrogen (secondary N) is 1. The zero-order chi connectivity index (χ0) is 11.5. The molecule has 2 aromatic heterocycles. The lowest BCUT2D eigenvalue weighted by Gasteiger charge is -2.06. The normalized spacial score (nSPS) is 13.1. The van der Waals surface area contributed by atoms with Crippen LogP contribution in [0.4, 0.5) is 0 Å². The molecule has 0 spiro atoms. The molecule has 86 valence electrons. The molecule has 16 heavy (non-hydrogen) atoms. The minimum absolute atomic E-state index is 0.139. The third-order valence-corrected chi connectivity index (χ3v) is 2.89. The molecule has 0 saturated carbocycles. The van der Waals surface area contributed by atoms with E-state index in [1.165, 1.54) is 0 Å². The fraction of sp³-hybridized carbons (Fsp3) is 0.333. The predicted octanol–water partition coefficient (Wildman–Crippen LogP) is -0.668. The summed E-state index contributed by atoms with van der Waals surface area (Å²) in [6.07, 6.45) is 2.67. The smallest absolute Gasteiger partial charge is 0.247 e. The molecule has 2 aromatic rings. The highest BCUT2D eigenvalue weighted by Crippen LogP contribution is 2.10. The van der Waals surface area contributed by atoms with E-state index in [0.29, 0.717) is 6.54 Å². The van der Waals surface area contributed by atoms with Gasteiger partial charge in [-0.15, -0.1) is 11.3 Å². The number of carbonyl (C=O) groups excluding carboxylic acids is 1. The zero-order valence-electron chi connectivity index (χ0n) is 8.46. The second-order valence-electron chi connectivity index (χ2n) is 3.37. The number of fused-ring (bicyclic) bond motifs is 1. The first-order valence-corrected chi connectivity index (χ1v) is 5.64. The summed E-state index contributed by atoms with van der Waals surface area (Å²) in [5.41, 5.74) is 5.78. The van der Waals surface area contributed by atoms with Crippen molar-refractivity contribution in [2.24, 2.45) is 5.73 Å². The predicted molar refractivity (Wildman–Crippen MR) is 60.0 cm³/mol. The van der Waals surface area contributed by atoms with Crippen molar-refractivity contribution in [3.8, 4) is 0 Å². The Morgan fingerprint density at radius 3 is 3.25 bits per heavy atom. The molecule has 1 amide bonds. The Labute approximate surface area is 95.7 Å². The molecule has 0 aromatic carbocycles. The van der Waals surface area contributed by atoms with Gasteiger partial charge in [0.05, 0.1) is 5.69 Å². The van der Waals surface area contributed by atoms with E-state index < -0.39 is 12.0 Å². The number of hydrogen-bond acceptors (Lipinski definition) is 5. The van der Waals surface area contributed by atoms with E-state index in [1.807, 2.05) is 22.2 Å². The van der Waals surface area contributed by atoms with Gasteiger partial charge < -0.3 is 16.2 Å². The quantitative estimate of drug-likeness (QED) is 0.646. The van der Waals surface area contributed by atoms with Crippen molar-refractivity contribution in [2.45, 2.75) is 12.6 Å². The van der Waals surface area contributed by atoms with Crippen molar-refractivity contribution in [2.75, 3.05) is 6.54 Å². The highest BCUT2D eigenvalue weighted by atomic mass is 32.1. The Morgan fingerprint density at radius 2 is 2.56 bits per heavy atom. The summed E-state index contributed by atoms with van der Waals surface area (Å²) in [6, 6.07) is 0. The standard InChI is InChI=1S/C9H12N4O2S/c10-8(15)7(14)4-11-3-6-5-13-1-2-16-9(13)12-6/h1-2,5,7,11,14H,3-4H2,(H2,10,15). The van der Waals surface area contributed by atoms with Crippen LogP contribution in [0.1, 0.15) is 5.69 Å². The topological polar surface area (TPSA) is 92.7 Å². The maximum atomic E-state index is 10.6. The fourth-order valence-corrected chi connectivity index (χ4v) is 2.02. The number of rotatable bonds is 5. The van der Waals surface area contributed by atoms with Gasteiger partial charge in [0.1, 0.15) is 6.10 Å². The summed E-state index contributed by atoms with van der Waals surface area (Å²) in [4.78, 5) is 15.8. The molecule has 0 aliphatic rings. The van der Waals surface area contributed by atoms with E-state index in [4.69, 9.17) is 10.8 Å². The van der Waals surface area contributed by atoms with Crippen molar-refractivity contribution in [1.29, 1.82) is 0 Å². The van der Waals surface area contributed by atoms with Gasteiger partial charge in [-0.05, 0) is 0 Å². The number of hydrogen-bond donors (Lipinski definition) is 3. The molecule has 7 heteroatoms. The number of nitrogens with two attached hydrogens (primary N) is 1. The summed E-state index contributed by atoms with van der Waals surface area (Å²) in [5, 5.41) is 14.0. The Bertz CT molecular complexity index is 464. The highest BCUT2D eigenvalue weighted by Gasteiger charge is 2.10. The molecule has 6 nitrogen and oxygen atoms in total. The number of amides is 1. The molecule has 1 atom stereocenters. The lowest BCUT2D eigenvalue weighted by molar-refractivity contribution is -0.125. The van der Waals surface area contributed by atoms with Gasteiger partial charge >= 0.3 is 0 Å². The van der Waals surface area contributed by atoms with Gasteiger partial charge in [-0.3, -0.25) is 9.20 Å². The molecule has 0 saturated heterocycles. The summed E-state index contributed by atoms with van der Waals surface area (Å²) in [5.74, 6) is -0.724. The molecule has 0 bridgehead atoms. The number of aromatic nitrogens is 2. The fourth-order valence-electron chi connectivity index (χ4n) is 1.30. The minimum Gasteiger partial charge on any atom is -0.382 e. The highest BCUT2D eigenvalue weighted by molar-refractivity contribution is 7.15. The molecule has 0 radical (unpaired) electrons. The van der Waals surface area contributed by atoms with Gasteiger partial charge in [0, 0.05) is 30.9 Å². The van der Waals surface area contributed by atoms with Crippen LogP contribution in [-0.2, 0) is 11.3 Å². The summed E-state index contributed by atoms with van der Waals surface area (Å²) >= 11 is 1.55. The zero-order valence-corrected chi connectivity index (χ0v) is 9.28. The Kier molecular flexibility index (Phi) is 3.18. The second kappa shape index (κ2) is 4.60. The number of carbonyl (C=O) groups is 1. The van der Waals surface area contributed by atoms with E-state index in [0.717, 1.165) is 10.7 Å². The first-order valence-electron chi connectivity index (χ1n) is 4.76. The van der Waals surface area contributed by atoms with Crippen LogP contribution in [0.3, 0.4) is 0 Å². The largest absolute Gasteiger partial charge is 0.382 e. The molecule has 0 aliphatic carbocycles.